The zero-order valence-corrected chi connectivity index (χ0v) is 68.6. The molecule has 0 radical (unpaired) electrons. The molecule has 0 fully saturated rings. The fourth-order valence-electron chi connectivity index (χ4n) is 17.2. The van der Waals surface area contributed by atoms with E-state index in [0.717, 1.165) is 36.4 Å². The van der Waals surface area contributed by atoms with E-state index in [4.69, 9.17) is 37.9 Å². The van der Waals surface area contributed by atoms with Crippen LogP contribution in [0.1, 0.15) is 133 Å². The number of rotatable bonds is 18. The van der Waals surface area contributed by atoms with Crippen LogP contribution >= 0.6 is 0 Å². The van der Waals surface area contributed by atoms with Crippen molar-refractivity contribution in [1.82, 2.24) is 0 Å². The summed E-state index contributed by atoms with van der Waals surface area (Å²) < 4.78 is 50.5. The van der Waals surface area contributed by atoms with Crippen molar-refractivity contribution in [3.8, 4) is 172 Å². The van der Waals surface area contributed by atoms with E-state index in [9.17, 15) is 183 Å². The molecule has 0 saturated heterocycles. The molecule has 6 aliphatic rings. The van der Waals surface area contributed by atoms with Crippen LogP contribution < -0.4 is 18.9 Å². The monoisotopic (exact) mass is 1870 g/mol. The number of hydrogen-bond donors (Lipinski definition) is 32. The van der Waals surface area contributed by atoms with E-state index < -0.39 is 438 Å². The molecule has 0 spiro atoms. The first-order chi connectivity index (χ1) is 63.7. The predicted octanol–water partition coefficient (Wildman–Crippen LogP) is 9.25. The van der Waals surface area contributed by atoms with E-state index in [-0.39, 0.29) is 0 Å². The highest BCUT2D eigenvalue weighted by Crippen LogP contribution is 2.60. The van der Waals surface area contributed by atoms with Gasteiger partial charge in [0.05, 0.1) is 22.3 Å². The van der Waals surface area contributed by atoms with Gasteiger partial charge < -0.3 is 201 Å². The lowest BCUT2D eigenvalue weighted by atomic mass is 9.82. The van der Waals surface area contributed by atoms with Gasteiger partial charge in [-0.15, -0.1) is 0 Å². The molecule has 44 nitrogen and oxygen atoms in total. The van der Waals surface area contributed by atoms with Crippen molar-refractivity contribution < 1.29 is 220 Å². The normalized spacial score (nSPS) is 19.9. The topological polar surface area (TPSA) is 789 Å². The summed E-state index contributed by atoms with van der Waals surface area (Å²) in [6, 6.07) is 9.65. The number of hydrogen-bond acceptors (Lipinski definition) is 44. The number of fused-ring (bicyclic) bond motifs is 4. The van der Waals surface area contributed by atoms with Crippen molar-refractivity contribution in [1.29, 1.82) is 0 Å². The Kier molecular flexibility index (Phi) is 22.5. The Morgan fingerprint density at radius 2 is 0.489 bits per heavy atom. The Labute approximate surface area is 752 Å². The third-order valence-electron chi connectivity index (χ3n) is 23.9. The van der Waals surface area contributed by atoms with Gasteiger partial charge in [0.2, 0.25) is 0 Å². The zero-order chi connectivity index (χ0) is 97.4. The summed E-state index contributed by atoms with van der Waals surface area (Å²) in [7, 11) is 0. The average molecular weight is 1870 g/mol. The minimum Gasteiger partial charge on any atom is -0.508 e. The van der Waals surface area contributed by atoms with Gasteiger partial charge in [-0.3, -0.25) is 0 Å². The highest BCUT2D eigenvalue weighted by atomic mass is 16.6. The molecule has 0 aromatic heterocycles. The van der Waals surface area contributed by atoms with Gasteiger partial charge in [0.25, 0.3) is 0 Å². The average Bonchev–Trinajstić information content (AvgIpc) is 0.725. The zero-order valence-electron chi connectivity index (χ0n) is 68.6. The lowest BCUT2D eigenvalue weighted by Gasteiger charge is -2.39. The molecule has 0 bridgehead atoms. The number of aromatic hydroxyl groups is 26. The molecule has 135 heavy (non-hydrogen) atoms. The summed E-state index contributed by atoms with van der Waals surface area (Å²) >= 11 is 0. The van der Waals surface area contributed by atoms with Crippen LogP contribution in [0, 0.1) is 11.8 Å². The smallest absolute Gasteiger partial charge is 0.338 e. The summed E-state index contributed by atoms with van der Waals surface area (Å²) in [6.45, 7) is 0. The highest BCUT2D eigenvalue weighted by Gasteiger charge is 2.50. The molecule has 10 aromatic rings. The molecular formula is C91H76O44. The summed E-state index contributed by atoms with van der Waals surface area (Å²) in [6.07, 6.45) is -21.8. The SMILES string of the molecule is O=C(O[C@@H]1Cc2c(O)c(Cc3c(O)cc(O)c4c3O[C@H](C3C=C(O)C(O)=C(O)C3)[C@H](OC(=O)c3cc(O)c(O)c(O)c3)C4)c(O)c(Cc3c(O)c(Cc4c(O)cc(O)c5c4O[C@H](C4C=C(O)C(O)=C(O)C4)[C@H](OC(=O)c4cc(O)c(O)c(O)c4)C5)c(O)c4c3O[C@H](c3cc(O)c(O)c(O)c3)[C@H](OC(=O)c3cc(O)c(O)c(O)c3)C4)c2O[C@@H]1c1cc(O)c(O)c(O)c1)c1cc(O)c(O)c(O)c1. The van der Waals surface area contributed by atoms with Crippen LogP contribution in [-0.2, 0) is 63.9 Å². The van der Waals surface area contributed by atoms with Crippen molar-refractivity contribution >= 4 is 23.9 Å². The van der Waals surface area contributed by atoms with Crippen LogP contribution in [0.3, 0.4) is 0 Å². The summed E-state index contributed by atoms with van der Waals surface area (Å²) in [5.74, 6) is -45.3. The number of ether oxygens (including phenoxy) is 8. The largest absolute Gasteiger partial charge is 0.508 e. The number of carbonyl (C=O) groups excluding carboxylic acids is 4. The Bertz CT molecular complexity index is 6340. The van der Waals surface area contributed by atoms with E-state index in [1.165, 1.54) is 0 Å². The van der Waals surface area contributed by atoms with Crippen molar-refractivity contribution in [2.45, 2.75) is 107 Å². The minimum absolute atomic E-state index is 0.401. The molecule has 2 unspecified atom stereocenters. The van der Waals surface area contributed by atoms with Gasteiger partial charge in [0, 0.05) is 149 Å². The predicted molar refractivity (Wildman–Crippen MR) is 446 cm³/mol. The number of benzene rings is 10. The molecule has 10 atom stereocenters. The Hall–Kier alpha value is -18.2. The van der Waals surface area contributed by atoms with E-state index >= 15 is 0 Å². The van der Waals surface area contributed by atoms with Crippen LogP contribution in [0.15, 0.2) is 132 Å². The van der Waals surface area contributed by atoms with Crippen molar-refractivity contribution in [3.63, 3.8) is 0 Å². The molecule has 32 N–H and O–H groups in total. The molecule has 2 aliphatic carbocycles. The van der Waals surface area contributed by atoms with Crippen molar-refractivity contribution in [2.75, 3.05) is 0 Å². The lowest BCUT2D eigenvalue weighted by molar-refractivity contribution is -0.0339. The maximum absolute atomic E-state index is 14.6. The van der Waals surface area contributed by atoms with E-state index in [0.29, 0.717) is 60.7 Å². The Balaban J connectivity index is 0.923. The first kappa shape index (κ1) is 90.2. The van der Waals surface area contributed by atoms with Gasteiger partial charge in [-0.25, -0.2) is 19.2 Å². The van der Waals surface area contributed by atoms with E-state index in [1.54, 1.807) is 0 Å². The van der Waals surface area contributed by atoms with Crippen LogP contribution in [0.2, 0.25) is 0 Å². The molecule has 704 valence electrons. The van der Waals surface area contributed by atoms with Gasteiger partial charge in [0.1, 0.15) is 117 Å². The van der Waals surface area contributed by atoms with Gasteiger partial charge in [-0.2, -0.15) is 0 Å². The van der Waals surface area contributed by atoms with Gasteiger partial charge in [-0.05, 0) is 84.9 Å². The fraction of sp³-hybridized carbons (Fsp3) is 0.209. The van der Waals surface area contributed by atoms with Crippen LogP contribution in [0.4, 0.5) is 0 Å². The number of allylic oxidation sites excluding steroid dienone is 2. The highest BCUT2D eigenvalue weighted by molar-refractivity contribution is 5.94. The van der Waals surface area contributed by atoms with Crippen LogP contribution in [0.5, 0.6) is 172 Å². The van der Waals surface area contributed by atoms with Crippen LogP contribution in [0.25, 0.3) is 0 Å². The quantitative estimate of drug-likeness (QED) is 0.0216. The number of aliphatic hydroxyl groups is 6. The second-order valence-corrected chi connectivity index (χ2v) is 32.4. The van der Waals surface area contributed by atoms with Crippen molar-refractivity contribution in [2.24, 2.45) is 11.8 Å². The summed E-state index contributed by atoms with van der Waals surface area (Å²) in [5, 5.41) is 360. The molecule has 0 amide bonds. The fourth-order valence-corrected chi connectivity index (χ4v) is 17.2. The third-order valence-corrected chi connectivity index (χ3v) is 23.9. The number of aliphatic hydroxyl groups excluding tert-OH is 6. The second-order valence-electron chi connectivity index (χ2n) is 32.4. The van der Waals surface area contributed by atoms with Gasteiger partial charge in [0.15, 0.2) is 139 Å². The number of esters is 4. The van der Waals surface area contributed by atoms with Crippen LogP contribution in [-0.4, -0.2) is 224 Å². The second kappa shape index (κ2) is 33.7. The molecular weight excluding hydrogens is 1800 g/mol. The van der Waals surface area contributed by atoms with Crippen molar-refractivity contribution in [3.05, 3.63) is 221 Å². The standard InChI is InChI=1S/C91H76O44/c92-44-24-46(94)36-20-64(128-88(124)30-9-56(104)76(120)57(105)10-30)80(26-1-48(96)72(116)49(97)2-26)132-84(36)34(44)17-38-68(112)40(86-42(70(38)114)22-66(82(134-86)28-5-52(100)74(118)53(101)6-28)130-90(126)32-13-60(108)78(122)61(109)14-32)19-41-69(113)39(71(115)43-23-67(131-91(127)33-15-62(110)79(123)63(111)16-33)83(135-87(41)43)29-7-54(102)75(119)55(103)8-29)18-35-45(93)25-47(95)37-21-65(129-89(125)31-11-58(106)77(121)59(107)12-31)81(133-85(35)37)27-3-50(98)73(117)51(99)4-27/h1,3,5-16,24-27,64-67,80-83,92-123H,2,4,17-23H2/t26?,27?,64-,65-,66-,67-,80-,81-,82-,83-/m1/s1. The summed E-state index contributed by atoms with van der Waals surface area (Å²) in [4.78, 5) is 57.5. The number of phenolic OH excluding ortho intramolecular Hbond substituents is 26. The first-order valence-corrected chi connectivity index (χ1v) is 40.1. The molecule has 44 heteroatoms. The lowest BCUT2D eigenvalue weighted by Crippen LogP contribution is -2.46. The minimum atomic E-state index is -2.08. The Morgan fingerprint density at radius 1 is 0.244 bits per heavy atom. The molecule has 4 aliphatic heterocycles. The maximum Gasteiger partial charge on any atom is 0.338 e. The third kappa shape index (κ3) is 16.0. The molecule has 16 rings (SSSR count). The van der Waals surface area contributed by atoms with E-state index in [2.05, 4.69) is 0 Å². The number of phenols is 26. The van der Waals surface area contributed by atoms with E-state index in [1.807, 2.05) is 0 Å². The molecule has 0 saturated carbocycles. The first-order valence-electron chi connectivity index (χ1n) is 40.1. The number of carbonyl (C=O) groups is 4. The van der Waals surface area contributed by atoms with Gasteiger partial charge >= 0.3 is 23.9 Å². The maximum atomic E-state index is 14.6. The summed E-state index contributed by atoms with van der Waals surface area (Å²) in [5.41, 5.74) is -10.1. The Morgan fingerprint density at radius 3 is 0.763 bits per heavy atom. The molecule has 4 heterocycles. The van der Waals surface area contributed by atoms with Gasteiger partial charge in [-0.1, -0.05) is 0 Å². The molecule has 10 aromatic carbocycles.